The smallest absolute Gasteiger partial charge is 0.177 e. The molecule has 0 N–H and O–H groups in total. The van der Waals surface area contributed by atoms with E-state index in [1.807, 2.05) is 0 Å². The highest BCUT2D eigenvalue weighted by Crippen LogP contribution is 2.29. The summed E-state index contributed by atoms with van der Waals surface area (Å²) in [5.74, 6) is 0. The lowest BCUT2D eigenvalue weighted by atomic mass is 10.2. The molecule has 1 aromatic carbocycles. The molecule has 0 unspecified atom stereocenters. The summed E-state index contributed by atoms with van der Waals surface area (Å²) < 4.78 is 47.9. The van der Waals surface area contributed by atoms with Crippen molar-refractivity contribution in [2.24, 2.45) is 0 Å². The van der Waals surface area contributed by atoms with Gasteiger partial charge in [-0.2, -0.15) is 0 Å². The van der Waals surface area contributed by atoms with E-state index in [0.717, 1.165) is 58.1 Å². The standard InChI is InChI=1S/C16H26N2O4S2/c1-4-8-17-9-5-10-18(12-11-17)15-7-6-14(23(2,19)20)13-16(15)24(3,21)22/h6-7,13H,4-5,8-12H2,1-3H3. The van der Waals surface area contributed by atoms with Crippen LogP contribution in [0, 0.1) is 0 Å². The molecule has 0 atom stereocenters. The van der Waals surface area contributed by atoms with E-state index in [2.05, 4.69) is 16.7 Å². The minimum absolute atomic E-state index is 0.0362. The highest BCUT2D eigenvalue weighted by Gasteiger charge is 2.23. The third-order valence-corrected chi connectivity index (χ3v) is 6.46. The summed E-state index contributed by atoms with van der Waals surface area (Å²) >= 11 is 0. The van der Waals surface area contributed by atoms with Gasteiger partial charge in [0.25, 0.3) is 0 Å². The molecule has 0 radical (unpaired) electrons. The van der Waals surface area contributed by atoms with Crippen LogP contribution < -0.4 is 4.90 Å². The molecule has 2 rings (SSSR count). The third kappa shape index (κ3) is 4.70. The Morgan fingerprint density at radius 2 is 1.67 bits per heavy atom. The van der Waals surface area contributed by atoms with Crippen molar-refractivity contribution >= 4 is 25.4 Å². The summed E-state index contributed by atoms with van der Waals surface area (Å²) in [6, 6.07) is 4.41. The molecule has 1 heterocycles. The SMILES string of the molecule is CCCN1CCCN(c2ccc(S(C)(=O)=O)cc2S(C)(=O)=O)CC1. The number of rotatable bonds is 5. The van der Waals surface area contributed by atoms with Crippen molar-refractivity contribution < 1.29 is 16.8 Å². The maximum absolute atomic E-state index is 12.2. The Labute approximate surface area is 145 Å². The zero-order valence-electron chi connectivity index (χ0n) is 14.5. The van der Waals surface area contributed by atoms with Crippen LogP contribution in [0.25, 0.3) is 0 Å². The average Bonchev–Trinajstić information content (AvgIpc) is 2.71. The fourth-order valence-corrected chi connectivity index (χ4v) is 4.67. The quantitative estimate of drug-likeness (QED) is 0.776. The summed E-state index contributed by atoms with van der Waals surface area (Å²) in [4.78, 5) is 4.56. The van der Waals surface area contributed by atoms with E-state index in [4.69, 9.17) is 0 Å². The number of hydrogen-bond acceptors (Lipinski definition) is 6. The molecule has 0 amide bonds. The maximum Gasteiger partial charge on any atom is 0.177 e. The van der Waals surface area contributed by atoms with Gasteiger partial charge in [-0.3, -0.25) is 0 Å². The fourth-order valence-electron chi connectivity index (χ4n) is 3.03. The van der Waals surface area contributed by atoms with Crippen molar-refractivity contribution in [2.45, 2.75) is 29.6 Å². The molecule has 8 heteroatoms. The molecular formula is C16H26N2O4S2. The first kappa shape index (κ1) is 19.2. The van der Waals surface area contributed by atoms with Crippen molar-refractivity contribution in [1.82, 2.24) is 4.90 Å². The van der Waals surface area contributed by atoms with Crippen LogP contribution in [0.5, 0.6) is 0 Å². The molecular weight excluding hydrogens is 348 g/mol. The number of nitrogens with zero attached hydrogens (tertiary/aromatic N) is 2. The molecule has 0 bridgehead atoms. The maximum atomic E-state index is 12.2. The van der Waals surface area contributed by atoms with Crippen LogP contribution in [0.1, 0.15) is 19.8 Å². The van der Waals surface area contributed by atoms with Crippen LogP contribution in [-0.2, 0) is 19.7 Å². The third-order valence-electron chi connectivity index (χ3n) is 4.23. The van der Waals surface area contributed by atoms with Gasteiger partial charge < -0.3 is 9.80 Å². The average molecular weight is 375 g/mol. The van der Waals surface area contributed by atoms with Crippen LogP contribution >= 0.6 is 0 Å². The number of hydrogen-bond donors (Lipinski definition) is 0. The molecule has 1 aromatic rings. The molecule has 0 aromatic heterocycles. The molecule has 1 fully saturated rings. The van der Waals surface area contributed by atoms with Gasteiger partial charge in [0.2, 0.25) is 0 Å². The number of sulfone groups is 2. The van der Waals surface area contributed by atoms with Crippen LogP contribution in [0.15, 0.2) is 28.0 Å². The van der Waals surface area contributed by atoms with Gasteiger partial charge in [0.1, 0.15) is 0 Å². The van der Waals surface area contributed by atoms with Gasteiger partial charge in [0, 0.05) is 32.1 Å². The van der Waals surface area contributed by atoms with Gasteiger partial charge >= 0.3 is 0 Å². The summed E-state index contributed by atoms with van der Waals surface area (Å²) in [6.45, 7) is 6.57. The first-order valence-electron chi connectivity index (χ1n) is 8.14. The van der Waals surface area contributed by atoms with Crippen molar-refractivity contribution in [3.8, 4) is 0 Å². The summed E-state index contributed by atoms with van der Waals surface area (Å²) in [7, 11) is -6.97. The predicted octanol–water partition coefficient (Wildman–Crippen LogP) is 1.42. The molecule has 0 spiro atoms. The second kappa shape index (κ2) is 7.41. The minimum Gasteiger partial charge on any atom is -0.369 e. The highest BCUT2D eigenvalue weighted by atomic mass is 32.2. The lowest BCUT2D eigenvalue weighted by molar-refractivity contribution is 0.294. The van der Waals surface area contributed by atoms with E-state index in [0.29, 0.717) is 5.69 Å². The molecule has 1 saturated heterocycles. The lowest BCUT2D eigenvalue weighted by Crippen LogP contribution is -2.31. The zero-order chi connectivity index (χ0) is 18.0. The van der Waals surface area contributed by atoms with Gasteiger partial charge in [-0.25, -0.2) is 16.8 Å². The molecule has 6 nitrogen and oxygen atoms in total. The van der Waals surface area contributed by atoms with Gasteiger partial charge in [0.15, 0.2) is 19.7 Å². The Bertz CT molecular complexity index is 788. The van der Waals surface area contributed by atoms with Crippen molar-refractivity contribution in [3.63, 3.8) is 0 Å². The van der Waals surface area contributed by atoms with Crippen LogP contribution in [-0.4, -0.2) is 67.0 Å². The van der Waals surface area contributed by atoms with E-state index in [-0.39, 0.29) is 9.79 Å². The first-order valence-corrected chi connectivity index (χ1v) is 11.9. The highest BCUT2D eigenvalue weighted by molar-refractivity contribution is 7.91. The van der Waals surface area contributed by atoms with Crippen LogP contribution in [0.3, 0.4) is 0 Å². The molecule has 24 heavy (non-hydrogen) atoms. The fraction of sp³-hybridized carbons (Fsp3) is 0.625. The van der Waals surface area contributed by atoms with Crippen molar-refractivity contribution in [2.75, 3.05) is 50.1 Å². The van der Waals surface area contributed by atoms with E-state index in [9.17, 15) is 16.8 Å². The Balaban J connectivity index is 2.39. The van der Waals surface area contributed by atoms with E-state index >= 15 is 0 Å². The Kier molecular flexibility index (Phi) is 5.93. The van der Waals surface area contributed by atoms with E-state index in [1.54, 1.807) is 6.07 Å². The lowest BCUT2D eigenvalue weighted by Gasteiger charge is -2.25. The monoisotopic (exact) mass is 374 g/mol. The summed E-state index contributed by atoms with van der Waals surface area (Å²) in [5.41, 5.74) is 0.600. The van der Waals surface area contributed by atoms with Crippen LogP contribution in [0.2, 0.25) is 0 Å². The molecule has 0 aliphatic carbocycles. The normalized spacial score (nSPS) is 17.7. The predicted molar refractivity (Wildman–Crippen MR) is 96.2 cm³/mol. The van der Waals surface area contributed by atoms with E-state index < -0.39 is 19.7 Å². The molecule has 1 aliphatic heterocycles. The van der Waals surface area contributed by atoms with Gasteiger partial charge in [-0.05, 0) is 44.1 Å². The van der Waals surface area contributed by atoms with Gasteiger partial charge in [-0.15, -0.1) is 0 Å². The second-order valence-electron chi connectivity index (χ2n) is 6.36. The topological polar surface area (TPSA) is 74.8 Å². The Morgan fingerprint density at radius 3 is 2.25 bits per heavy atom. The minimum atomic E-state index is -3.52. The van der Waals surface area contributed by atoms with E-state index in [1.165, 1.54) is 12.1 Å². The first-order chi connectivity index (χ1) is 11.1. The zero-order valence-corrected chi connectivity index (χ0v) is 16.2. The Hall–Kier alpha value is -1.12. The molecule has 136 valence electrons. The van der Waals surface area contributed by atoms with Crippen LogP contribution in [0.4, 0.5) is 5.69 Å². The Morgan fingerprint density at radius 1 is 0.958 bits per heavy atom. The number of anilines is 1. The number of benzene rings is 1. The molecule has 0 saturated carbocycles. The summed E-state index contributed by atoms with van der Waals surface area (Å²) in [5, 5.41) is 0. The second-order valence-corrected chi connectivity index (χ2v) is 10.4. The van der Waals surface area contributed by atoms with Crippen molar-refractivity contribution in [1.29, 1.82) is 0 Å². The van der Waals surface area contributed by atoms with Crippen molar-refractivity contribution in [3.05, 3.63) is 18.2 Å². The van der Waals surface area contributed by atoms with Gasteiger partial charge in [0.05, 0.1) is 15.5 Å². The van der Waals surface area contributed by atoms with Gasteiger partial charge in [-0.1, -0.05) is 6.92 Å². The largest absolute Gasteiger partial charge is 0.369 e. The summed E-state index contributed by atoms with van der Waals surface area (Å²) in [6.07, 6.45) is 4.26. The molecule has 1 aliphatic rings.